The van der Waals surface area contributed by atoms with Crippen molar-refractivity contribution in [3.05, 3.63) is 0 Å². The van der Waals surface area contributed by atoms with Crippen molar-refractivity contribution in [2.24, 2.45) is 11.3 Å². The first-order valence-corrected chi connectivity index (χ1v) is 6.83. The summed E-state index contributed by atoms with van der Waals surface area (Å²) in [7, 11) is 0. The van der Waals surface area contributed by atoms with E-state index in [1.165, 1.54) is 0 Å². The van der Waals surface area contributed by atoms with Crippen LogP contribution in [0.4, 0.5) is 0 Å². The summed E-state index contributed by atoms with van der Waals surface area (Å²) >= 11 is 0. The van der Waals surface area contributed by atoms with Gasteiger partial charge in [-0.25, -0.2) is 0 Å². The van der Waals surface area contributed by atoms with E-state index < -0.39 is 0 Å². The Morgan fingerprint density at radius 3 is 2.94 bits per heavy atom. The van der Waals surface area contributed by atoms with Crippen LogP contribution in [0, 0.1) is 11.3 Å². The van der Waals surface area contributed by atoms with Gasteiger partial charge in [0.25, 0.3) is 0 Å². The lowest BCUT2D eigenvalue weighted by Gasteiger charge is -2.31. The molecule has 2 atom stereocenters. The molecule has 1 amide bonds. The van der Waals surface area contributed by atoms with E-state index in [0.717, 1.165) is 51.9 Å². The van der Waals surface area contributed by atoms with E-state index in [1.807, 2.05) is 4.90 Å². The van der Waals surface area contributed by atoms with Crippen LogP contribution in [0.1, 0.15) is 32.6 Å². The van der Waals surface area contributed by atoms with E-state index in [2.05, 4.69) is 12.2 Å². The maximum Gasteiger partial charge on any atom is 0.230 e. The van der Waals surface area contributed by atoms with E-state index in [4.69, 9.17) is 5.11 Å². The summed E-state index contributed by atoms with van der Waals surface area (Å²) in [6, 6.07) is 0. The molecular weight excluding hydrogens is 216 g/mol. The Morgan fingerprint density at radius 1 is 1.59 bits per heavy atom. The Balaban J connectivity index is 2.02. The maximum atomic E-state index is 12.6. The molecule has 2 fully saturated rings. The van der Waals surface area contributed by atoms with Crippen LogP contribution in [0.25, 0.3) is 0 Å². The van der Waals surface area contributed by atoms with Crippen LogP contribution in [0.15, 0.2) is 0 Å². The van der Waals surface area contributed by atoms with Crippen LogP contribution in [-0.4, -0.2) is 48.7 Å². The van der Waals surface area contributed by atoms with Crippen LogP contribution in [0.5, 0.6) is 0 Å². The van der Waals surface area contributed by atoms with Crippen LogP contribution in [0.3, 0.4) is 0 Å². The van der Waals surface area contributed by atoms with Crippen molar-refractivity contribution >= 4 is 5.91 Å². The van der Waals surface area contributed by atoms with Crippen LogP contribution in [0.2, 0.25) is 0 Å². The van der Waals surface area contributed by atoms with E-state index >= 15 is 0 Å². The van der Waals surface area contributed by atoms with Gasteiger partial charge in [-0.3, -0.25) is 4.79 Å². The minimum absolute atomic E-state index is 0.154. The quantitative estimate of drug-likeness (QED) is 0.757. The number of hydrogen-bond acceptors (Lipinski definition) is 3. The Bertz CT molecular complexity index is 275. The second-order valence-corrected chi connectivity index (χ2v) is 5.55. The number of hydrogen-bond donors (Lipinski definition) is 2. The molecule has 0 aromatic rings. The molecule has 0 aromatic heterocycles. The second kappa shape index (κ2) is 5.36. The zero-order valence-corrected chi connectivity index (χ0v) is 10.7. The van der Waals surface area contributed by atoms with Gasteiger partial charge in [-0.15, -0.1) is 0 Å². The summed E-state index contributed by atoms with van der Waals surface area (Å²) in [6.45, 7) is 5.73. The summed E-state index contributed by atoms with van der Waals surface area (Å²) in [6.07, 6.45) is 3.97. The molecule has 2 N–H and O–H groups in total. The normalized spacial score (nSPS) is 33.3. The molecule has 0 spiro atoms. The fraction of sp³-hybridized carbons (Fsp3) is 0.923. The molecule has 0 bridgehead atoms. The first-order valence-electron chi connectivity index (χ1n) is 6.83. The van der Waals surface area contributed by atoms with Crippen molar-refractivity contribution < 1.29 is 9.90 Å². The summed E-state index contributed by atoms with van der Waals surface area (Å²) < 4.78 is 0. The van der Waals surface area contributed by atoms with E-state index in [1.54, 1.807) is 0 Å². The van der Waals surface area contributed by atoms with Crippen molar-refractivity contribution in [3.8, 4) is 0 Å². The first-order chi connectivity index (χ1) is 8.22. The van der Waals surface area contributed by atoms with Gasteiger partial charge in [0.1, 0.15) is 0 Å². The predicted octanol–water partition coefficient (Wildman–Crippen LogP) is 0.607. The molecule has 2 unspecified atom stereocenters. The molecule has 2 aliphatic heterocycles. The topological polar surface area (TPSA) is 52.6 Å². The smallest absolute Gasteiger partial charge is 0.230 e. The highest BCUT2D eigenvalue weighted by Gasteiger charge is 2.44. The zero-order valence-electron chi connectivity index (χ0n) is 10.7. The number of amides is 1. The number of rotatable bonds is 4. The van der Waals surface area contributed by atoms with E-state index in [-0.39, 0.29) is 12.0 Å². The maximum absolute atomic E-state index is 12.6. The monoisotopic (exact) mass is 240 g/mol. The third kappa shape index (κ3) is 2.47. The first kappa shape index (κ1) is 12.8. The number of aliphatic hydroxyl groups is 1. The number of aliphatic hydroxyl groups excluding tert-OH is 1. The van der Waals surface area contributed by atoms with Gasteiger partial charge in [0.05, 0.1) is 5.41 Å². The van der Waals surface area contributed by atoms with Gasteiger partial charge in [-0.1, -0.05) is 13.3 Å². The van der Waals surface area contributed by atoms with Gasteiger partial charge < -0.3 is 15.3 Å². The summed E-state index contributed by atoms with van der Waals surface area (Å²) in [5.74, 6) is 0.618. The number of carbonyl (C=O) groups excluding carboxylic acids is 1. The highest BCUT2D eigenvalue weighted by Crippen LogP contribution is 2.34. The molecule has 0 aliphatic carbocycles. The minimum atomic E-state index is -0.154. The average molecular weight is 240 g/mol. The number of nitrogens with zero attached hydrogens (tertiary/aromatic N) is 1. The van der Waals surface area contributed by atoms with Gasteiger partial charge in [0.2, 0.25) is 5.91 Å². The fourth-order valence-electron chi connectivity index (χ4n) is 3.23. The average Bonchev–Trinajstić information content (AvgIpc) is 2.97. The molecule has 2 saturated heterocycles. The molecule has 2 rings (SSSR count). The lowest BCUT2D eigenvalue weighted by Crippen LogP contribution is -2.44. The molecule has 98 valence electrons. The Kier molecular flexibility index (Phi) is 4.05. The van der Waals surface area contributed by atoms with Gasteiger partial charge in [0.15, 0.2) is 0 Å². The standard InChI is InChI=1S/C13H24N2O2/c1-2-4-13(5-6-14-10-13)12(17)15-7-3-11(8-15)9-16/h11,14,16H,2-10H2,1H3. The van der Waals surface area contributed by atoms with Crippen molar-refractivity contribution in [2.75, 3.05) is 32.8 Å². The van der Waals surface area contributed by atoms with Crippen molar-refractivity contribution in [1.29, 1.82) is 0 Å². The molecule has 0 aromatic carbocycles. The lowest BCUT2D eigenvalue weighted by molar-refractivity contribution is -0.140. The van der Waals surface area contributed by atoms with Gasteiger partial charge in [0, 0.05) is 32.2 Å². The summed E-state index contributed by atoms with van der Waals surface area (Å²) in [5, 5.41) is 12.5. The Labute approximate surface area is 103 Å². The summed E-state index contributed by atoms with van der Waals surface area (Å²) in [4.78, 5) is 14.6. The highest BCUT2D eigenvalue weighted by molar-refractivity contribution is 5.83. The predicted molar refractivity (Wildman–Crippen MR) is 66.6 cm³/mol. The molecular formula is C13H24N2O2. The molecule has 4 heteroatoms. The summed E-state index contributed by atoms with van der Waals surface area (Å²) in [5.41, 5.74) is -0.154. The van der Waals surface area contributed by atoms with Crippen LogP contribution in [-0.2, 0) is 4.79 Å². The lowest BCUT2D eigenvalue weighted by atomic mass is 9.81. The highest BCUT2D eigenvalue weighted by atomic mass is 16.3. The molecule has 2 aliphatic rings. The molecule has 0 radical (unpaired) electrons. The third-order valence-electron chi connectivity index (χ3n) is 4.26. The number of likely N-dealkylation sites (tertiary alicyclic amines) is 1. The second-order valence-electron chi connectivity index (χ2n) is 5.55. The SMILES string of the molecule is CCCC1(C(=O)N2CCC(CO)C2)CCNC1. The fourth-order valence-corrected chi connectivity index (χ4v) is 3.23. The van der Waals surface area contributed by atoms with Crippen molar-refractivity contribution in [1.82, 2.24) is 10.2 Å². The largest absolute Gasteiger partial charge is 0.396 e. The van der Waals surface area contributed by atoms with E-state index in [0.29, 0.717) is 11.8 Å². The third-order valence-corrected chi connectivity index (χ3v) is 4.26. The van der Waals surface area contributed by atoms with Crippen molar-refractivity contribution in [2.45, 2.75) is 32.6 Å². The zero-order chi connectivity index (χ0) is 12.3. The van der Waals surface area contributed by atoms with Gasteiger partial charge >= 0.3 is 0 Å². The molecule has 0 saturated carbocycles. The Hall–Kier alpha value is -0.610. The molecule has 4 nitrogen and oxygen atoms in total. The molecule has 2 heterocycles. The van der Waals surface area contributed by atoms with Crippen LogP contribution < -0.4 is 5.32 Å². The van der Waals surface area contributed by atoms with Crippen molar-refractivity contribution in [3.63, 3.8) is 0 Å². The van der Waals surface area contributed by atoms with Crippen LogP contribution >= 0.6 is 0 Å². The van der Waals surface area contributed by atoms with E-state index in [9.17, 15) is 4.79 Å². The van der Waals surface area contributed by atoms with Gasteiger partial charge in [-0.05, 0) is 25.8 Å². The number of carbonyl (C=O) groups is 1. The van der Waals surface area contributed by atoms with Gasteiger partial charge in [-0.2, -0.15) is 0 Å². The minimum Gasteiger partial charge on any atom is -0.396 e. The molecule has 17 heavy (non-hydrogen) atoms. The Morgan fingerprint density at radius 2 is 2.41 bits per heavy atom. The number of nitrogens with one attached hydrogen (secondary N) is 1.